The zero-order valence-corrected chi connectivity index (χ0v) is 14.7. The minimum Gasteiger partial charge on any atom is -0.353 e. The van der Waals surface area contributed by atoms with Crippen LogP contribution in [0.2, 0.25) is 0 Å². The molecular formula is C17H26N2O3S. The van der Waals surface area contributed by atoms with Crippen molar-refractivity contribution in [2.24, 2.45) is 5.92 Å². The predicted molar refractivity (Wildman–Crippen MR) is 90.5 cm³/mol. The molecule has 0 bridgehead atoms. The molecule has 0 heterocycles. The first kappa shape index (κ1) is 17.9. The SMILES string of the molecule is Cc1ccc(S(=O)(=O)NCCC(=O)N[C@H]2CCCC[C@H]2C)cc1. The number of carbonyl (C=O) groups excluding carboxylic acids is 1. The number of nitrogens with one attached hydrogen (secondary N) is 2. The Hall–Kier alpha value is -1.40. The van der Waals surface area contributed by atoms with Crippen LogP contribution in [0, 0.1) is 12.8 Å². The fourth-order valence-electron chi connectivity index (χ4n) is 2.91. The first-order chi connectivity index (χ1) is 10.9. The number of carbonyl (C=O) groups is 1. The highest BCUT2D eigenvalue weighted by molar-refractivity contribution is 7.89. The summed E-state index contributed by atoms with van der Waals surface area (Å²) in [7, 11) is -3.55. The number of sulfonamides is 1. The molecule has 1 aliphatic rings. The predicted octanol–water partition coefficient (Wildman–Crippen LogP) is 2.36. The molecule has 1 saturated carbocycles. The Morgan fingerprint density at radius 1 is 1.17 bits per heavy atom. The van der Waals surface area contributed by atoms with Gasteiger partial charge in [0.15, 0.2) is 0 Å². The Kier molecular flexibility index (Phi) is 6.18. The van der Waals surface area contributed by atoms with Crippen LogP contribution >= 0.6 is 0 Å². The fraction of sp³-hybridized carbons (Fsp3) is 0.588. The molecule has 6 heteroatoms. The molecule has 0 radical (unpaired) electrons. The summed E-state index contributed by atoms with van der Waals surface area (Å²) in [4.78, 5) is 12.2. The highest BCUT2D eigenvalue weighted by atomic mass is 32.2. The van der Waals surface area contributed by atoms with E-state index in [0.717, 1.165) is 24.8 Å². The monoisotopic (exact) mass is 338 g/mol. The molecular weight excluding hydrogens is 312 g/mol. The van der Waals surface area contributed by atoms with Crippen LogP contribution in [0.3, 0.4) is 0 Å². The lowest BCUT2D eigenvalue weighted by atomic mass is 9.86. The molecule has 5 nitrogen and oxygen atoms in total. The molecule has 1 fully saturated rings. The topological polar surface area (TPSA) is 75.3 Å². The number of benzene rings is 1. The van der Waals surface area contributed by atoms with Crippen LogP contribution in [0.25, 0.3) is 0 Å². The number of aryl methyl sites for hydroxylation is 1. The number of amides is 1. The van der Waals surface area contributed by atoms with Crippen molar-refractivity contribution in [3.8, 4) is 0 Å². The quantitative estimate of drug-likeness (QED) is 0.836. The van der Waals surface area contributed by atoms with Gasteiger partial charge in [-0.05, 0) is 37.8 Å². The van der Waals surface area contributed by atoms with Crippen molar-refractivity contribution in [1.82, 2.24) is 10.0 Å². The van der Waals surface area contributed by atoms with Gasteiger partial charge in [0.2, 0.25) is 15.9 Å². The third kappa shape index (κ3) is 5.32. The summed E-state index contributed by atoms with van der Waals surface area (Å²) in [6.45, 7) is 4.17. The summed E-state index contributed by atoms with van der Waals surface area (Å²) in [5.41, 5.74) is 1.00. The van der Waals surface area contributed by atoms with Crippen molar-refractivity contribution >= 4 is 15.9 Å². The molecule has 23 heavy (non-hydrogen) atoms. The van der Waals surface area contributed by atoms with Crippen LogP contribution in [0.5, 0.6) is 0 Å². The summed E-state index contributed by atoms with van der Waals surface area (Å²) >= 11 is 0. The van der Waals surface area contributed by atoms with Gasteiger partial charge in [0.1, 0.15) is 0 Å². The van der Waals surface area contributed by atoms with E-state index in [-0.39, 0.29) is 29.8 Å². The minimum atomic E-state index is -3.55. The van der Waals surface area contributed by atoms with Gasteiger partial charge in [-0.2, -0.15) is 0 Å². The van der Waals surface area contributed by atoms with Crippen LogP contribution < -0.4 is 10.0 Å². The molecule has 0 aromatic heterocycles. The highest BCUT2D eigenvalue weighted by Crippen LogP contribution is 2.23. The second-order valence-corrected chi connectivity index (χ2v) is 8.16. The van der Waals surface area contributed by atoms with Crippen molar-refractivity contribution in [3.05, 3.63) is 29.8 Å². The van der Waals surface area contributed by atoms with Crippen molar-refractivity contribution in [2.75, 3.05) is 6.54 Å². The Morgan fingerprint density at radius 2 is 1.83 bits per heavy atom. The Labute approximate surface area is 138 Å². The lowest BCUT2D eigenvalue weighted by Crippen LogP contribution is -2.42. The average molecular weight is 338 g/mol. The molecule has 0 aliphatic heterocycles. The second kappa shape index (κ2) is 7.93. The number of hydrogen-bond donors (Lipinski definition) is 2. The zero-order valence-electron chi connectivity index (χ0n) is 13.8. The van der Waals surface area contributed by atoms with E-state index in [0.29, 0.717) is 5.92 Å². The first-order valence-corrected chi connectivity index (χ1v) is 9.72. The van der Waals surface area contributed by atoms with Crippen molar-refractivity contribution < 1.29 is 13.2 Å². The standard InChI is InChI=1S/C17H26N2O3S/c1-13-7-9-15(10-8-13)23(21,22)18-12-11-17(20)19-16-6-4-3-5-14(16)2/h7-10,14,16,18H,3-6,11-12H2,1-2H3,(H,19,20)/t14-,16+/m1/s1. The first-order valence-electron chi connectivity index (χ1n) is 8.24. The van der Waals surface area contributed by atoms with Gasteiger partial charge in [-0.1, -0.05) is 37.5 Å². The number of rotatable bonds is 6. The maximum atomic E-state index is 12.1. The zero-order chi connectivity index (χ0) is 16.9. The maximum Gasteiger partial charge on any atom is 0.240 e. The Morgan fingerprint density at radius 3 is 2.48 bits per heavy atom. The molecule has 0 saturated heterocycles. The second-order valence-electron chi connectivity index (χ2n) is 6.40. The van der Waals surface area contributed by atoms with Gasteiger partial charge in [0.05, 0.1) is 4.90 Å². The third-order valence-corrected chi connectivity index (χ3v) is 5.91. The van der Waals surface area contributed by atoms with Gasteiger partial charge in [0.25, 0.3) is 0 Å². The van der Waals surface area contributed by atoms with Gasteiger partial charge < -0.3 is 5.32 Å². The lowest BCUT2D eigenvalue weighted by molar-refractivity contribution is -0.122. The summed E-state index contributed by atoms with van der Waals surface area (Å²) in [6, 6.07) is 6.88. The van der Waals surface area contributed by atoms with Gasteiger partial charge in [0, 0.05) is 19.0 Å². The van der Waals surface area contributed by atoms with Crippen molar-refractivity contribution in [2.45, 2.75) is 56.9 Å². The van der Waals surface area contributed by atoms with Crippen LogP contribution in [0.4, 0.5) is 0 Å². The van der Waals surface area contributed by atoms with Crippen molar-refractivity contribution in [1.29, 1.82) is 0 Å². The van der Waals surface area contributed by atoms with E-state index in [9.17, 15) is 13.2 Å². The highest BCUT2D eigenvalue weighted by Gasteiger charge is 2.22. The van der Waals surface area contributed by atoms with Crippen molar-refractivity contribution in [3.63, 3.8) is 0 Å². The van der Waals surface area contributed by atoms with E-state index < -0.39 is 10.0 Å². The Bertz CT molecular complexity index is 626. The molecule has 1 aromatic carbocycles. The Balaban J connectivity index is 1.79. The third-order valence-electron chi connectivity index (χ3n) is 4.43. The van der Waals surface area contributed by atoms with Gasteiger partial charge >= 0.3 is 0 Å². The molecule has 1 aromatic rings. The summed E-state index contributed by atoms with van der Waals surface area (Å²) in [5.74, 6) is 0.410. The molecule has 0 spiro atoms. The normalized spacial score (nSPS) is 21.8. The summed E-state index contributed by atoms with van der Waals surface area (Å²) in [6.07, 6.45) is 4.69. The van der Waals surface area contributed by atoms with E-state index in [1.165, 1.54) is 6.42 Å². The fourth-order valence-corrected chi connectivity index (χ4v) is 3.94. The van der Waals surface area contributed by atoms with Crippen LogP contribution in [-0.2, 0) is 14.8 Å². The molecule has 0 unspecified atom stereocenters. The lowest BCUT2D eigenvalue weighted by Gasteiger charge is -2.29. The summed E-state index contributed by atoms with van der Waals surface area (Å²) in [5, 5.41) is 3.03. The molecule has 1 aliphatic carbocycles. The van der Waals surface area contributed by atoms with E-state index in [4.69, 9.17) is 0 Å². The van der Waals surface area contributed by atoms with E-state index in [1.54, 1.807) is 24.3 Å². The maximum absolute atomic E-state index is 12.1. The molecule has 2 rings (SSSR count). The number of hydrogen-bond acceptors (Lipinski definition) is 3. The average Bonchev–Trinajstić information content (AvgIpc) is 2.50. The molecule has 2 atom stereocenters. The van der Waals surface area contributed by atoms with E-state index >= 15 is 0 Å². The van der Waals surface area contributed by atoms with Gasteiger partial charge in [-0.15, -0.1) is 0 Å². The smallest absolute Gasteiger partial charge is 0.240 e. The molecule has 1 amide bonds. The van der Waals surface area contributed by atoms with E-state index in [2.05, 4.69) is 17.0 Å². The van der Waals surface area contributed by atoms with Crippen LogP contribution in [-0.4, -0.2) is 26.9 Å². The minimum absolute atomic E-state index is 0.0876. The van der Waals surface area contributed by atoms with Crippen LogP contribution in [0.1, 0.15) is 44.6 Å². The molecule has 2 N–H and O–H groups in total. The van der Waals surface area contributed by atoms with Gasteiger partial charge in [-0.25, -0.2) is 13.1 Å². The van der Waals surface area contributed by atoms with Gasteiger partial charge in [-0.3, -0.25) is 4.79 Å². The molecule has 128 valence electrons. The largest absolute Gasteiger partial charge is 0.353 e. The van der Waals surface area contributed by atoms with E-state index in [1.807, 2.05) is 6.92 Å². The summed E-state index contributed by atoms with van der Waals surface area (Å²) < 4.78 is 26.7. The van der Waals surface area contributed by atoms with Crippen LogP contribution in [0.15, 0.2) is 29.2 Å².